The van der Waals surface area contributed by atoms with Gasteiger partial charge in [0.2, 0.25) is 5.95 Å². The molecule has 7 nitrogen and oxygen atoms in total. The van der Waals surface area contributed by atoms with Gasteiger partial charge in [0.05, 0.1) is 15.5 Å². The van der Waals surface area contributed by atoms with E-state index in [1.165, 1.54) is 17.8 Å². The number of rotatable bonds is 4. The Morgan fingerprint density at radius 1 is 1.53 bits per heavy atom. The van der Waals surface area contributed by atoms with Crippen LogP contribution in [0.25, 0.3) is 0 Å². The van der Waals surface area contributed by atoms with E-state index in [1.54, 1.807) is 23.7 Å². The zero-order valence-corrected chi connectivity index (χ0v) is 11.5. The van der Waals surface area contributed by atoms with E-state index in [9.17, 15) is 10.1 Å². The Hall–Kier alpha value is -1.80. The third kappa shape index (κ3) is 2.79. The highest BCUT2D eigenvalue weighted by atomic mass is 35.5. The van der Waals surface area contributed by atoms with Gasteiger partial charge in [-0.2, -0.15) is 0 Å². The zero-order valence-electron chi connectivity index (χ0n) is 9.91. The minimum absolute atomic E-state index is 0.00450. The van der Waals surface area contributed by atoms with Crippen molar-refractivity contribution in [2.24, 2.45) is 7.05 Å². The summed E-state index contributed by atoms with van der Waals surface area (Å²) in [6.07, 6.45) is 0. The lowest BCUT2D eigenvalue weighted by Crippen LogP contribution is -1.99. The Morgan fingerprint density at radius 2 is 2.26 bits per heavy atom. The van der Waals surface area contributed by atoms with Crippen LogP contribution in [-0.4, -0.2) is 19.7 Å². The van der Waals surface area contributed by atoms with Crippen LogP contribution in [0.3, 0.4) is 0 Å². The van der Waals surface area contributed by atoms with E-state index < -0.39 is 4.92 Å². The molecule has 0 fully saturated rings. The molecule has 1 aromatic carbocycles. The molecular formula is C10H10ClN5O2S. The molecule has 2 aromatic rings. The number of hydrogen-bond acceptors (Lipinski definition) is 6. The van der Waals surface area contributed by atoms with Crippen LogP contribution < -0.4 is 5.73 Å². The summed E-state index contributed by atoms with van der Waals surface area (Å²) in [6, 6.07) is 4.59. The third-order valence-corrected chi connectivity index (χ3v) is 3.91. The number of nitro benzene ring substituents is 1. The van der Waals surface area contributed by atoms with Gasteiger partial charge in [-0.25, -0.2) is 0 Å². The van der Waals surface area contributed by atoms with E-state index in [1.807, 2.05) is 0 Å². The lowest BCUT2D eigenvalue weighted by molar-refractivity contribution is -0.385. The molecule has 2 N–H and O–H groups in total. The van der Waals surface area contributed by atoms with E-state index in [0.717, 1.165) is 0 Å². The second kappa shape index (κ2) is 5.45. The molecule has 2 rings (SSSR count). The lowest BCUT2D eigenvalue weighted by Gasteiger charge is -2.05. The van der Waals surface area contributed by atoms with Crippen molar-refractivity contribution in [1.29, 1.82) is 0 Å². The number of nitrogens with two attached hydrogens (primary N) is 1. The van der Waals surface area contributed by atoms with Crippen LogP contribution in [0.4, 0.5) is 11.6 Å². The fourth-order valence-corrected chi connectivity index (χ4v) is 2.73. The number of aromatic nitrogens is 3. The van der Waals surface area contributed by atoms with E-state index >= 15 is 0 Å². The molecule has 0 spiro atoms. The van der Waals surface area contributed by atoms with Crippen LogP contribution in [0.2, 0.25) is 5.02 Å². The van der Waals surface area contributed by atoms with Crippen LogP contribution >= 0.6 is 23.4 Å². The summed E-state index contributed by atoms with van der Waals surface area (Å²) in [4.78, 5) is 10.5. The molecule has 0 saturated heterocycles. The average molecular weight is 300 g/mol. The highest BCUT2D eigenvalue weighted by Crippen LogP contribution is 2.32. The molecule has 0 atom stereocenters. The minimum Gasteiger partial charge on any atom is -0.368 e. The number of nitrogen functional groups attached to an aromatic ring is 1. The average Bonchev–Trinajstić information content (AvgIpc) is 2.68. The van der Waals surface area contributed by atoms with Crippen LogP contribution in [0.1, 0.15) is 5.56 Å². The van der Waals surface area contributed by atoms with E-state index in [4.69, 9.17) is 17.3 Å². The number of nitro groups is 1. The van der Waals surface area contributed by atoms with Crippen LogP contribution in [0.15, 0.2) is 23.4 Å². The van der Waals surface area contributed by atoms with Crippen molar-refractivity contribution in [1.82, 2.24) is 14.8 Å². The molecule has 0 bridgehead atoms. The molecule has 0 aliphatic heterocycles. The van der Waals surface area contributed by atoms with Crippen molar-refractivity contribution in [3.8, 4) is 0 Å². The third-order valence-electron chi connectivity index (χ3n) is 2.51. The zero-order chi connectivity index (χ0) is 14.0. The van der Waals surface area contributed by atoms with Gasteiger partial charge in [-0.3, -0.25) is 14.7 Å². The monoisotopic (exact) mass is 299 g/mol. The van der Waals surface area contributed by atoms with E-state index in [-0.39, 0.29) is 11.6 Å². The Bertz CT molecular complexity index is 630. The van der Waals surface area contributed by atoms with E-state index in [2.05, 4.69) is 10.2 Å². The Morgan fingerprint density at radius 3 is 2.84 bits per heavy atom. The van der Waals surface area contributed by atoms with Crippen molar-refractivity contribution >= 4 is 35.0 Å². The predicted molar refractivity (Wildman–Crippen MR) is 73.1 cm³/mol. The first-order valence-electron chi connectivity index (χ1n) is 5.20. The van der Waals surface area contributed by atoms with Gasteiger partial charge >= 0.3 is 0 Å². The van der Waals surface area contributed by atoms with Crippen molar-refractivity contribution in [2.45, 2.75) is 10.9 Å². The fourth-order valence-electron chi connectivity index (χ4n) is 1.45. The quantitative estimate of drug-likeness (QED) is 0.528. The molecule has 0 saturated carbocycles. The Labute approximate surface area is 117 Å². The van der Waals surface area contributed by atoms with Crippen molar-refractivity contribution in [3.63, 3.8) is 0 Å². The second-order valence-corrected chi connectivity index (χ2v) is 5.03. The summed E-state index contributed by atoms with van der Waals surface area (Å²) >= 11 is 7.29. The van der Waals surface area contributed by atoms with Gasteiger partial charge in [0.15, 0.2) is 5.16 Å². The fraction of sp³-hybridized carbons (Fsp3) is 0.200. The highest BCUT2D eigenvalue weighted by molar-refractivity contribution is 7.98. The standard InChI is InChI=1S/C10H10ClN5O2S/c1-15-9(12)13-14-10(15)19-5-6-7(11)3-2-4-8(6)16(17)18/h2-4H,5H2,1H3,(H2,12,13). The second-order valence-electron chi connectivity index (χ2n) is 3.68. The topological polar surface area (TPSA) is 99.9 Å². The van der Waals surface area contributed by atoms with Crippen LogP contribution in [0.5, 0.6) is 0 Å². The number of nitrogens with zero attached hydrogens (tertiary/aromatic N) is 4. The molecule has 0 aliphatic carbocycles. The Balaban J connectivity index is 2.24. The predicted octanol–water partition coefficient (Wildman–Crippen LogP) is 2.25. The summed E-state index contributed by atoms with van der Waals surface area (Å²) in [6.45, 7) is 0. The van der Waals surface area contributed by atoms with Gasteiger partial charge in [-0.1, -0.05) is 29.4 Å². The van der Waals surface area contributed by atoms with Crippen LogP contribution in [0, 0.1) is 10.1 Å². The number of halogens is 1. The molecule has 0 unspecified atom stereocenters. The minimum atomic E-state index is -0.452. The smallest absolute Gasteiger partial charge is 0.274 e. The maximum Gasteiger partial charge on any atom is 0.274 e. The molecule has 9 heteroatoms. The first-order chi connectivity index (χ1) is 9.00. The largest absolute Gasteiger partial charge is 0.368 e. The molecule has 1 heterocycles. The number of benzene rings is 1. The van der Waals surface area contributed by atoms with Gasteiger partial charge in [-0.15, -0.1) is 10.2 Å². The van der Waals surface area contributed by atoms with Crippen molar-refractivity contribution in [3.05, 3.63) is 38.9 Å². The van der Waals surface area contributed by atoms with Crippen molar-refractivity contribution in [2.75, 3.05) is 5.73 Å². The molecule has 0 aliphatic rings. The molecular weight excluding hydrogens is 290 g/mol. The maximum absolute atomic E-state index is 10.9. The molecule has 100 valence electrons. The molecule has 0 radical (unpaired) electrons. The lowest BCUT2D eigenvalue weighted by atomic mass is 10.2. The van der Waals surface area contributed by atoms with Gasteiger partial charge in [0, 0.05) is 18.9 Å². The Kier molecular flexibility index (Phi) is 3.91. The molecule has 0 amide bonds. The highest BCUT2D eigenvalue weighted by Gasteiger charge is 2.18. The summed E-state index contributed by atoms with van der Waals surface area (Å²) < 4.78 is 1.60. The van der Waals surface area contributed by atoms with E-state index in [0.29, 0.717) is 21.5 Å². The van der Waals surface area contributed by atoms with Gasteiger partial charge < -0.3 is 5.73 Å². The van der Waals surface area contributed by atoms with Crippen LogP contribution in [-0.2, 0) is 12.8 Å². The normalized spacial score (nSPS) is 10.6. The number of thioether (sulfide) groups is 1. The number of hydrogen-bond donors (Lipinski definition) is 1. The first kappa shape index (κ1) is 13.6. The molecule has 19 heavy (non-hydrogen) atoms. The summed E-state index contributed by atoms with van der Waals surface area (Å²) in [5.41, 5.74) is 6.01. The van der Waals surface area contributed by atoms with Gasteiger partial charge in [-0.05, 0) is 6.07 Å². The summed E-state index contributed by atoms with van der Waals surface area (Å²) in [5.74, 6) is 0.609. The van der Waals surface area contributed by atoms with Crippen molar-refractivity contribution < 1.29 is 4.92 Å². The summed E-state index contributed by atoms with van der Waals surface area (Å²) in [7, 11) is 1.72. The SMILES string of the molecule is Cn1c(N)nnc1SCc1c(Cl)cccc1[N+](=O)[O-]. The number of anilines is 1. The first-order valence-corrected chi connectivity index (χ1v) is 6.56. The molecule has 1 aromatic heterocycles. The maximum atomic E-state index is 10.9. The van der Waals surface area contributed by atoms with Gasteiger partial charge in [0.25, 0.3) is 5.69 Å². The van der Waals surface area contributed by atoms with Gasteiger partial charge in [0.1, 0.15) is 0 Å². The summed E-state index contributed by atoms with van der Waals surface area (Å²) in [5, 5.41) is 19.5.